The van der Waals surface area contributed by atoms with Crippen molar-refractivity contribution in [2.24, 2.45) is 4.99 Å². The van der Waals surface area contributed by atoms with Gasteiger partial charge in [0, 0.05) is 55.8 Å². The second-order valence-electron chi connectivity index (χ2n) is 6.63. The summed E-state index contributed by atoms with van der Waals surface area (Å²) in [6.07, 6.45) is 6.37. The smallest absolute Gasteiger partial charge is 0.191 e. The van der Waals surface area contributed by atoms with Crippen molar-refractivity contribution < 1.29 is 0 Å². The first-order chi connectivity index (χ1) is 11.6. The van der Waals surface area contributed by atoms with Crippen molar-refractivity contribution in [1.82, 2.24) is 20.5 Å². The van der Waals surface area contributed by atoms with E-state index in [4.69, 9.17) is 4.99 Å². The van der Waals surface area contributed by atoms with Crippen LogP contribution in [0.2, 0.25) is 0 Å². The number of nitrogens with zero attached hydrogens (tertiary/aromatic N) is 3. The molecule has 136 valence electrons. The Morgan fingerprint density at radius 3 is 2.71 bits per heavy atom. The molecular weight excluding hydrogens is 318 g/mol. The van der Waals surface area contributed by atoms with Crippen molar-refractivity contribution >= 4 is 17.3 Å². The molecule has 0 aromatic carbocycles. The zero-order valence-electron chi connectivity index (χ0n) is 15.6. The molecule has 0 amide bonds. The van der Waals surface area contributed by atoms with Crippen LogP contribution >= 0.6 is 11.3 Å². The van der Waals surface area contributed by atoms with Crippen LogP contribution in [0, 0.1) is 0 Å². The van der Waals surface area contributed by atoms with Gasteiger partial charge in [0.1, 0.15) is 0 Å². The molecule has 0 saturated carbocycles. The molecule has 0 aliphatic carbocycles. The Bertz CT molecular complexity index is 503. The van der Waals surface area contributed by atoms with Crippen LogP contribution in [0.5, 0.6) is 0 Å². The molecule has 0 radical (unpaired) electrons. The zero-order chi connectivity index (χ0) is 17.4. The Morgan fingerprint density at radius 2 is 2.12 bits per heavy atom. The molecule has 1 aliphatic heterocycles. The van der Waals surface area contributed by atoms with Crippen molar-refractivity contribution in [1.29, 1.82) is 0 Å². The van der Waals surface area contributed by atoms with Gasteiger partial charge in [-0.3, -0.25) is 4.99 Å². The Balaban J connectivity index is 1.80. The summed E-state index contributed by atoms with van der Waals surface area (Å²) in [5.74, 6) is 0.952. The van der Waals surface area contributed by atoms with Crippen LogP contribution in [-0.4, -0.2) is 54.1 Å². The van der Waals surface area contributed by atoms with E-state index in [1.165, 1.54) is 35.8 Å². The number of likely N-dealkylation sites (tertiary alicyclic amines) is 1. The normalized spacial score (nSPS) is 17.5. The lowest BCUT2D eigenvalue weighted by atomic mass is 10.0. The summed E-state index contributed by atoms with van der Waals surface area (Å²) in [5.41, 5.74) is 0. The number of guanidine groups is 1. The number of aromatic nitrogens is 1. The highest BCUT2D eigenvalue weighted by molar-refractivity contribution is 7.11. The quantitative estimate of drug-likeness (QED) is 0.586. The maximum absolute atomic E-state index is 4.74. The van der Waals surface area contributed by atoms with E-state index in [9.17, 15) is 0 Å². The van der Waals surface area contributed by atoms with Gasteiger partial charge in [0.15, 0.2) is 5.96 Å². The molecule has 24 heavy (non-hydrogen) atoms. The van der Waals surface area contributed by atoms with E-state index in [2.05, 4.69) is 48.2 Å². The van der Waals surface area contributed by atoms with E-state index in [1.54, 1.807) is 0 Å². The monoisotopic (exact) mass is 351 g/mol. The number of thiazole rings is 1. The van der Waals surface area contributed by atoms with E-state index < -0.39 is 0 Å². The molecule has 1 aromatic rings. The molecule has 1 fully saturated rings. The Kier molecular flexibility index (Phi) is 7.99. The van der Waals surface area contributed by atoms with Gasteiger partial charge in [-0.15, -0.1) is 11.3 Å². The van der Waals surface area contributed by atoms with Crippen LogP contribution in [0.3, 0.4) is 0 Å². The number of hydrogen-bond donors (Lipinski definition) is 2. The fraction of sp³-hybridized carbons (Fsp3) is 0.778. The third-order valence-corrected chi connectivity index (χ3v) is 5.69. The van der Waals surface area contributed by atoms with Crippen molar-refractivity contribution in [2.45, 2.75) is 65.5 Å². The number of rotatable bonds is 7. The fourth-order valence-electron chi connectivity index (χ4n) is 2.96. The van der Waals surface area contributed by atoms with Crippen molar-refractivity contribution in [3.05, 3.63) is 16.1 Å². The van der Waals surface area contributed by atoms with E-state index in [0.29, 0.717) is 12.1 Å². The summed E-state index contributed by atoms with van der Waals surface area (Å²) >= 11 is 1.81. The topological polar surface area (TPSA) is 52.6 Å². The van der Waals surface area contributed by atoms with Gasteiger partial charge < -0.3 is 15.5 Å². The molecule has 2 N–H and O–H groups in total. The molecule has 0 unspecified atom stereocenters. The van der Waals surface area contributed by atoms with Gasteiger partial charge in [-0.1, -0.05) is 6.92 Å². The molecule has 0 atom stereocenters. The second kappa shape index (κ2) is 9.99. The van der Waals surface area contributed by atoms with Crippen LogP contribution in [-0.2, 0) is 12.8 Å². The third kappa shape index (κ3) is 6.06. The summed E-state index contributed by atoms with van der Waals surface area (Å²) in [4.78, 5) is 13.1. The number of nitrogens with one attached hydrogen (secondary N) is 2. The maximum Gasteiger partial charge on any atom is 0.191 e. The zero-order valence-corrected chi connectivity index (χ0v) is 16.5. The first kappa shape index (κ1) is 19.2. The number of hydrogen-bond acceptors (Lipinski definition) is 4. The van der Waals surface area contributed by atoms with Gasteiger partial charge in [0.25, 0.3) is 0 Å². The van der Waals surface area contributed by atoms with Gasteiger partial charge in [-0.25, -0.2) is 4.98 Å². The van der Waals surface area contributed by atoms with E-state index in [1.807, 2.05) is 17.5 Å². The van der Waals surface area contributed by atoms with Gasteiger partial charge in [-0.2, -0.15) is 0 Å². The second-order valence-corrected chi connectivity index (χ2v) is 7.83. The lowest BCUT2D eigenvalue weighted by Gasteiger charge is -2.35. The van der Waals surface area contributed by atoms with E-state index in [0.717, 1.165) is 31.9 Å². The lowest BCUT2D eigenvalue weighted by molar-refractivity contribution is 0.167. The van der Waals surface area contributed by atoms with Gasteiger partial charge in [0.05, 0.1) is 5.01 Å². The molecule has 1 saturated heterocycles. The van der Waals surface area contributed by atoms with Crippen LogP contribution < -0.4 is 10.6 Å². The molecule has 1 aromatic heterocycles. The van der Waals surface area contributed by atoms with Crippen LogP contribution in [0.15, 0.2) is 11.2 Å². The molecule has 0 spiro atoms. The summed E-state index contributed by atoms with van der Waals surface area (Å²) < 4.78 is 0. The lowest BCUT2D eigenvalue weighted by Crippen LogP contribution is -2.49. The van der Waals surface area contributed by atoms with Gasteiger partial charge >= 0.3 is 0 Å². The highest BCUT2D eigenvalue weighted by atomic mass is 32.1. The van der Waals surface area contributed by atoms with Gasteiger partial charge in [-0.05, 0) is 40.0 Å². The maximum atomic E-state index is 4.74. The summed E-state index contributed by atoms with van der Waals surface area (Å²) in [7, 11) is 0. The molecular formula is C18H33N5S. The van der Waals surface area contributed by atoms with Crippen molar-refractivity contribution in [3.8, 4) is 0 Å². The largest absolute Gasteiger partial charge is 0.357 e. The molecule has 2 heterocycles. The van der Waals surface area contributed by atoms with E-state index in [-0.39, 0.29) is 0 Å². The number of aryl methyl sites for hydroxylation is 1. The summed E-state index contributed by atoms with van der Waals surface area (Å²) in [6, 6.07) is 1.18. The average Bonchev–Trinajstić information content (AvgIpc) is 3.03. The Labute approximate surface area is 151 Å². The number of piperidine rings is 1. The predicted octanol–water partition coefficient (Wildman–Crippen LogP) is 2.68. The molecule has 1 aliphatic rings. The standard InChI is InChI=1S/C18H33N5S/c1-5-16-13-21-17(24-16)7-10-20-18(19-6-2)22-15-8-11-23(12-9-15)14(3)4/h13-15H,5-12H2,1-4H3,(H2,19,20,22). The van der Waals surface area contributed by atoms with E-state index >= 15 is 0 Å². The third-order valence-electron chi connectivity index (χ3n) is 4.49. The van der Waals surface area contributed by atoms with Crippen LogP contribution in [0.25, 0.3) is 0 Å². The highest BCUT2D eigenvalue weighted by Crippen LogP contribution is 2.14. The summed E-state index contributed by atoms with van der Waals surface area (Å²) in [6.45, 7) is 12.9. The van der Waals surface area contributed by atoms with Crippen LogP contribution in [0.1, 0.15) is 50.4 Å². The summed E-state index contributed by atoms with van der Waals surface area (Å²) in [5, 5.41) is 8.18. The van der Waals surface area contributed by atoms with Crippen LogP contribution in [0.4, 0.5) is 0 Å². The molecule has 0 bridgehead atoms. The number of aliphatic imine (C=N–C) groups is 1. The first-order valence-corrected chi connectivity index (χ1v) is 10.2. The molecule has 6 heteroatoms. The fourth-order valence-corrected chi connectivity index (χ4v) is 3.82. The average molecular weight is 352 g/mol. The SMILES string of the molecule is CCNC(=NCCc1ncc(CC)s1)NC1CCN(C(C)C)CC1. The minimum absolute atomic E-state index is 0.532. The minimum Gasteiger partial charge on any atom is -0.357 e. The van der Waals surface area contributed by atoms with Gasteiger partial charge in [0.2, 0.25) is 0 Å². The predicted molar refractivity (Wildman–Crippen MR) is 104 cm³/mol. The first-order valence-electron chi connectivity index (χ1n) is 9.34. The minimum atomic E-state index is 0.532. The van der Waals surface area contributed by atoms with Crippen molar-refractivity contribution in [3.63, 3.8) is 0 Å². The molecule has 2 rings (SSSR count). The Morgan fingerprint density at radius 1 is 1.38 bits per heavy atom. The Hall–Kier alpha value is -1.14. The van der Waals surface area contributed by atoms with Crippen molar-refractivity contribution in [2.75, 3.05) is 26.2 Å². The molecule has 5 nitrogen and oxygen atoms in total. The highest BCUT2D eigenvalue weighted by Gasteiger charge is 2.21.